The van der Waals surface area contributed by atoms with Gasteiger partial charge in [0, 0.05) is 17.4 Å². The molecule has 0 aliphatic carbocycles. The minimum atomic E-state index is -4.81. The summed E-state index contributed by atoms with van der Waals surface area (Å²) in [6.45, 7) is 1.61. The van der Waals surface area contributed by atoms with E-state index in [0.29, 0.717) is 17.8 Å². The van der Waals surface area contributed by atoms with Gasteiger partial charge in [-0.2, -0.15) is 13.2 Å². The van der Waals surface area contributed by atoms with E-state index < -0.39 is 52.3 Å². The molecule has 0 saturated heterocycles. The minimum absolute atomic E-state index is 0.0612. The second kappa shape index (κ2) is 8.05. The lowest BCUT2D eigenvalue weighted by Crippen LogP contribution is -2.29. The Morgan fingerprint density at radius 3 is 2.39 bits per heavy atom. The Kier molecular flexibility index (Phi) is 5.64. The number of rotatable bonds is 4. The zero-order valence-electron chi connectivity index (χ0n) is 15.6. The number of hydrogen-bond donors (Lipinski definition) is 2. The van der Waals surface area contributed by atoms with E-state index >= 15 is 0 Å². The van der Waals surface area contributed by atoms with E-state index in [-0.39, 0.29) is 5.69 Å². The van der Waals surface area contributed by atoms with Crippen LogP contribution >= 0.6 is 0 Å². The SMILES string of the molecule is Cc1cn(-c2cc(C(=O)Nc3c(F)ccc(NC(=O)[O-])c3F)cc(C(F)(F)F)c2)cn1. The highest BCUT2D eigenvalue weighted by atomic mass is 19.4. The fourth-order valence-electron chi connectivity index (χ4n) is 2.68. The molecule has 7 nitrogen and oxygen atoms in total. The van der Waals surface area contributed by atoms with E-state index in [2.05, 4.69) is 4.98 Å². The summed E-state index contributed by atoms with van der Waals surface area (Å²) >= 11 is 0. The Morgan fingerprint density at radius 2 is 1.81 bits per heavy atom. The highest BCUT2D eigenvalue weighted by Gasteiger charge is 2.32. The van der Waals surface area contributed by atoms with E-state index in [9.17, 15) is 36.6 Å². The first-order chi connectivity index (χ1) is 14.5. The first-order valence-electron chi connectivity index (χ1n) is 8.46. The zero-order chi connectivity index (χ0) is 22.9. The summed E-state index contributed by atoms with van der Waals surface area (Å²) in [5, 5.41) is 14.0. The van der Waals surface area contributed by atoms with Crippen molar-refractivity contribution >= 4 is 23.4 Å². The maximum Gasteiger partial charge on any atom is 0.416 e. The fourth-order valence-corrected chi connectivity index (χ4v) is 2.68. The molecule has 162 valence electrons. The lowest BCUT2D eigenvalue weighted by atomic mass is 10.1. The number of nitrogens with zero attached hydrogens (tertiary/aromatic N) is 2. The van der Waals surface area contributed by atoms with Crippen LogP contribution in [-0.4, -0.2) is 21.6 Å². The van der Waals surface area contributed by atoms with Crippen molar-refractivity contribution in [3.05, 3.63) is 71.3 Å². The number of hydrogen-bond acceptors (Lipinski definition) is 4. The summed E-state index contributed by atoms with van der Waals surface area (Å²) in [4.78, 5) is 27.0. The predicted octanol–water partition coefficient (Wildman–Crippen LogP) is 3.49. The van der Waals surface area contributed by atoms with E-state index in [0.717, 1.165) is 18.2 Å². The van der Waals surface area contributed by atoms with Crippen LogP contribution in [0.15, 0.2) is 42.9 Å². The molecule has 12 heteroatoms. The van der Waals surface area contributed by atoms with Gasteiger partial charge in [-0.05, 0) is 37.3 Å². The standard InChI is InChI=1S/C19H13F5N4O3/c1-9-7-28(8-25-9)12-5-10(4-11(6-12)19(22,23)24)17(29)27-16-13(20)2-3-14(15(16)21)26-18(30)31/h2-8,26H,1H3,(H,27,29)(H,30,31)/p-1. The number of aryl methyl sites for hydroxylation is 1. The molecule has 3 rings (SSSR count). The van der Waals surface area contributed by atoms with Crippen molar-refractivity contribution < 1.29 is 36.6 Å². The molecule has 2 N–H and O–H groups in total. The molecule has 2 amide bonds. The summed E-state index contributed by atoms with van der Waals surface area (Å²) < 4.78 is 69.6. The van der Waals surface area contributed by atoms with Crippen molar-refractivity contribution in [2.24, 2.45) is 0 Å². The third kappa shape index (κ3) is 4.79. The van der Waals surface area contributed by atoms with Gasteiger partial charge >= 0.3 is 6.18 Å². The van der Waals surface area contributed by atoms with Crippen LogP contribution in [0.5, 0.6) is 0 Å². The fraction of sp³-hybridized carbons (Fsp3) is 0.105. The van der Waals surface area contributed by atoms with Crippen LogP contribution in [0.1, 0.15) is 21.6 Å². The van der Waals surface area contributed by atoms with Crippen molar-refractivity contribution in [1.29, 1.82) is 0 Å². The average molecular weight is 439 g/mol. The van der Waals surface area contributed by atoms with Gasteiger partial charge in [-0.15, -0.1) is 0 Å². The Labute approximate surface area is 171 Å². The predicted molar refractivity (Wildman–Crippen MR) is 96.6 cm³/mol. The molecule has 0 aliphatic rings. The van der Waals surface area contributed by atoms with Crippen molar-refractivity contribution in [2.45, 2.75) is 13.1 Å². The van der Waals surface area contributed by atoms with Gasteiger partial charge in [0.15, 0.2) is 5.82 Å². The maximum absolute atomic E-state index is 14.4. The Hall–Kier alpha value is -3.96. The Bertz CT molecular complexity index is 1170. The van der Waals surface area contributed by atoms with Gasteiger partial charge in [0.05, 0.1) is 23.3 Å². The first kappa shape index (κ1) is 21.7. The second-order valence-electron chi connectivity index (χ2n) is 6.34. The van der Waals surface area contributed by atoms with Gasteiger partial charge in [-0.3, -0.25) is 4.79 Å². The van der Waals surface area contributed by atoms with Crippen LogP contribution < -0.4 is 15.7 Å². The summed E-state index contributed by atoms with van der Waals surface area (Å²) in [5.74, 6) is -4.00. The number of halogens is 5. The number of carboxylic acid groups (broad SMARTS) is 1. The smallest absolute Gasteiger partial charge is 0.416 e. The number of imidazole rings is 1. The molecule has 0 spiro atoms. The summed E-state index contributed by atoms with van der Waals surface area (Å²) in [6, 6.07) is 3.78. The lowest BCUT2D eigenvalue weighted by molar-refractivity contribution is -0.242. The maximum atomic E-state index is 14.4. The normalized spacial score (nSPS) is 11.3. The van der Waals surface area contributed by atoms with Crippen molar-refractivity contribution in [1.82, 2.24) is 9.55 Å². The molecule has 0 saturated carbocycles. The first-order valence-corrected chi connectivity index (χ1v) is 8.46. The molecular formula is C19H12F5N4O3-. The van der Waals surface area contributed by atoms with E-state index in [1.807, 2.05) is 5.32 Å². The number of aromatic nitrogens is 2. The number of carbonyl (C=O) groups excluding carboxylic acids is 2. The molecule has 2 aromatic carbocycles. The Balaban J connectivity index is 2.03. The van der Waals surface area contributed by atoms with Crippen LogP contribution in [0, 0.1) is 18.6 Å². The van der Waals surface area contributed by atoms with Crippen LogP contribution in [0.3, 0.4) is 0 Å². The third-order valence-electron chi connectivity index (χ3n) is 4.08. The van der Waals surface area contributed by atoms with Gasteiger partial charge < -0.3 is 25.1 Å². The van der Waals surface area contributed by atoms with E-state index in [1.165, 1.54) is 17.1 Å². The average Bonchev–Trinajstić information content (AvgIpc) is 3.12. The highest BCUT2D eigenvalue weighted by molar-refractivity contribution is 6.05. The second-order valence-corrected chi connectivity index (χ2v) is 6.34. The summed E-state index contributed by atoms with van der Waals surface area (Å²) in [7, 11) is 0. The number of anilines is 2. The largest absolute Gasteiger partial charge is 0.530 e. The molecule has 0 unspecified atom stereocenters. The molecule has 0 atom stereocenters. The summed E-state index contributed by atoms with van der Waals surface area (Å²) in [5.41, 5.74) is -3.04. The molecular weight excluding hydrogens is 427 g/mol. The van der Waals surface area contributed by atoms with Crippen molar-refractivity contribution in [3.8, 4) is 5.69 Å². The van der Waals surface area contributed by atoms with Gasteiger partial charge in [0.1, 0.15) is 17.6 Å². The number of amides is 2. The number of carbonyl (C=O) groups is 2. The molecule has 1 heterocycles. The molecule has 3 aromatic rings. The topological polar surface area (TPSA) is 99.1 Å². The molecule has 0 bridgehead atoms. The molecule has 0 aliphatic heterocycles. The highest BCUT2D eigenvalue weighted by Crippen LogP contribution is 2.32. The number of benzene rings is 2. The monoisotopic (exact) mass is 439 g/mol. The lowest BCUT2D eigenvalue weighted by Gasteiger charge is -2.15. The van der Waals surface area contributed by atoms with Crippen LogP contribution in [0.4, 0.5) is 38.1 Å². The van der Waals surface area contributed by atoms with Gasteiger partial charge in [0.2, 0.25) is 0 Å². The van der Waals surface area contributed by atoms with Crippen LogP contribution in [-0.2, 0) is 6.18 Å². The number of nitrogens with one attached hydrogen (secondary N) is 2. The zero-order valence-corrected chi connectivity index (χ0v) is 15.6. The Morgan fingerprint density at radius 1 is 1.10 bits per heavy atom. The van der Waals surface area contributed by atoms with Crippen molar-refractivity contribution in [3.63, 3.8) is 0 Å². The quantitative estimate of drug-likeness (QED) is 0.608. The molecule has 0 fully saturated rings. The van der Waals surface area contributed by atoms with Gasteiger partial charge in [-0.1, -0.05) is 0 Å². The van der Waals surface area contributed by atoms with Gasteiger partial charge in [-0.25, -0.2) is 13.8 Å². The molecule has 31 heavy (non-hydrogen) atoms. The molecule has 0 radical (unpaired) electrons. The van der Waals surface area contributed by atoms with Gasteiger partial charge in [0.25, 0.3) is 5.91 Å². The van der Waals surface area contributed by atoms with Crippen LogP contribution in [0.25, 0.3) is 5.69 Å². The minimum Gasteiger partial charge on any atom is -0.530 e. The third-order valence-corrected chi connectivity index (χ3v) is 4.08. The van der Waals surface area contributed by atoms with E-state index in [4.69, 9.17) is 0 Å². The molecule has 1 aromatic heterocycles. The number of alkyl halides is 3. The van der Waals surface area contributed by atoms with Crippen molar-refractivity contribution in [2.75, 3.05) is 10.6 Å². The summed E-state index contributed by atoms with van der Waals surface area (Å²) in [6.07, 6.45) is -4.04. The van der Waals surface area contributed by atoms with E-state index in [1.54, 1.807) is 12.2 Å². The van der Waals surface area contributed by atoms with Crippen LogP contribution in [0.2, 0.25) is 0 Å².